The maximum absolute atomic E-state index is 12.8. The van der Waals surface area contributed by atoms with Gasteiger partial charge >= 0.3 is 18.2 Å². The van der Waals surface area contributed by atoms with Crippen LogP contribution in [0.2, 0.25) is 0 Å². The van der Waals surface area contributed by atoms with Gasteiger partial charge in [-0.1, -0.05) is 23.8 Å². The molecule has 0 aromatic heterocycles. The van der Waals surface area contributed by atoms with Gasteiger partial charge < -0.3 is 14.7 Å². The number of carbonyl (C=O) groups is 2. The van der Waals surface area contributed by atoms with E-state index in [0.29, 0.717) is 32.4 Å². The van der Waals surface area contributed by atoms with Crippen LogP contribution in [0.4, 0.5) is 18.0 Å². The summed E-state index contributed by atoms with van der Waals surface area (Å²) in [4.78, 5) is 27.6. The van der Waals surface area contributed by atoms with Gasteiger partial charge in [0, 0.05) is 25.2 Å². The number of ether oxygens (including phenoxy) is 1. The van der Waals surface area contributed by atoms with Crippen LogP contribution in [0.5, 0.6) is 0 Å². The Kier molecular flexibility index (Phi) is 8.63. The molecule has 1 N–H and O–H groups in total. The molecule has 0 bridgehead atoms. The van der Waals surface area contributed by atoms with E-state index in [4.69, 9.17) is 0 Å². The molecule has 1 unspecified atom stereocenters. The van der Waals surface area contributed by atoms with E-state index in [1.807, 2.05) is 0 Å². The highest BCUT2D eigenvalue weighted by atomic mass is 19.4. The molecule has 2 saturated heterocycles. The quantitative estimate of drug-likeness (QED) is 0.466. The highest BCUT2D eigenvalue weighted by molar-refractivity contribution is 5.73. The molecule has 202 valence electrons. The van der Waals surface area contributed by atoms with E-state index >= 15 is 0 Å². The summed E-state index contributed by atoms with van der Waals surface area (Å²) in [6, 6.07) is 6.44. The van der Waals surface area contributed by atoms with Gasteiger partial charge in [-0.15, -0.1) is 0 Å². The van der Waals surface area contributed by atoms with Crippen LogP contribution >= 0.6 is 0 Å². The minimum absolute atomic E-state index is 0.0696. The Morgan fingerprint density at radius 2 is 1.78 bits per heavy atom. The van der Waals surface area contributed by atoms with Gasteiger partial charge in [-0.2, -0.15) is 13.2 Å². The number of nitrogens with zero attached hydrogens (tertiary/aromatic N) is 2. The first-order chi connectivity index (χ1) is 16.7. The number of alkyl halides is 3. The molecule has 1 aromatic rings. The number of piperidine rings is 1. The third kappa shape index (κ3) is 6.72. The SMILES string of the molecule is Cc1ccc(CN2CCCC23CCN(C(=O)OC(C)C(F)(F)F)CC3)c(CCCC(C)(C)C(=O)O)c1. The van der Waals surface area contributed by atoms with E-state index < -0.39 is 29.8 Å². The van der Waals surface area contributed by atoms with Crippen LogP contribution < -0.4 is 0 Å². The van der Waals surface area contributed by atoms with Crippen LogP contribution in [-0.4, -0.2) is 64.4 Å². The Hall–Kier alpha value is -2.29. The van der Waals surface area contributed by atoms with Gasteiger partial charge in [-0.05, 0) is 90.3 Å². The minimum Gasteiger partial charge on any atom is -0.481 e. The predicted octanol–water partition coefficient (Wildman–Crippen LogP) is 5.95. The number of carboxylic acids is 1. The largest absolute Gasteiger partial charge is 0.481 e. The molecule has 1 aromatic carbocycles. The first-order valence-electron chi connectivity index (χ1n) is 12.8. The molecule has 0 saturated carbocycles. The summed E-state index contributed by atoms with van der Waals surface area (Å²) in [7, 11) is 0. The standard InChI is InChI=1S/C27H39F3N2O4/c1-19-8-9-22(21(17-19)7-5-10-25(3,4)23(33)34)18-32-14-6-11-26(32)12-15-31(16-13-26)24(35)36-20(2)27(28,29)30/h8-9,17,20H,5-7,10-16,18H2,1-4H3,(H,33,34). The topological polar surface area (TPSA) is 70.1 Å². The minimum atomic E-state index is -4.57. The molecule has 6 nitrogen and oxygen atoms in total. The molecule has 0 radical (unpaired) electrons. The second kappa shape index (κ2) is 11.0. The van der Waals surface area contributed by atoms with Crippen molar-refractivity contribution in [2.45, 2.75) is 97.0 Å². The molecule has 2 aliphatic rings. The van der Waals surface area contributed by atoms with E-state index in [1.165, 1.54) is 21.6 Å². The Morgan fingerprint density at radius 1 is 1.11 bits per heavy atom. The predicted molar refractivity (Wildman–Crippen MR) is 131 cm³/mol. The maximum Gasteiger partial charge on any atom is 0.425 e. The Morgan fingerprint density at radius 3 is 2.39 bits per heavy atom. The summed E-state index contributed by atoms with van der Waals surface area (Å²) in [5.41, 5.74) is 2.81. The van der Waals surface area contributed by atoms with Crippen molar-refractivity contribution in [3.05, 3.63) is 34.9 Å². The van der Waals surface area contributed by atoms with Crippen LogP contribution in [0.15, 0.2) is 18.2 Å². The van der Waals surface area contributed by atoms with Gasteiger partial charge in [0.25, 0.3) is 0 Å². The number of amides is 1. The number of carbonyl (C=O) groups excluding carboxylic acids is 1. The number of likely N-dealkylation sites (tertiary alicyclic amines) is 2. The lowest BCUT2D eigenvalue weighted by atomic mass is 9.84. The fourth-order valence-corrected chi connectivity index (χ4v) is 5.38. The average Bonchev–Trinajstić information content (AvgIpc) is 3.16. The molecule has 9 heteroatoms. The number of hydrogen-bond donors (Lipinski definition) is 1. The molecule has 36 heavy (non-hydrogen) atoms. The zero-order chi connectivity index (χ0) is 26.7. The third-order valence-corrected chi connectivity index (χ3v) is 7.98. The molecular weight excluding hydrogens is 473 g/mol. The average molecular weight is 513 g/mol. The normalized spacial score (nSPS) is 19.5. The molecule has 1 amide bonds. The van der Waals surface area contributed by atoms with Crippen LogP contribution in [0.1, 0.15) is 76.0 Å². The molecule has 2 heterocycles. The van der Waals surface area contributed by atoms with Crippen LogP contribution in [0.25, 0.3) is 0 Å². The highest BCUT2D eigenvalue weighted by Gasteiger charge is 2.45. The van der Waals surface area contributed by atoms with E-state index in [-0.39, 0.29) is 5.54 Å². The van der Waals surface area contributed by atoms with Crippen molar-refractivity contribution in [1.29, 1.82) is 0 Å². The number of aryl methyl sites for hydroxylation is 2. The molecular formula is C27H39F3N2O4. The van der Waals surface area contributed by atoms with Gasteiger partial charge in [0.2, 0.25) is 0 Å². The number of aliphatic carboxylic acids is 1. The smallest absolute Gasteiger partial charge is 0.425 e. The summed E-state index contributed by atoms with van der Waals surface area (Å²) in [5, 5.41) is 9.41. The number of hydrogen-bond acceptors (Lipinski definition) is 4. The summed E-state index contributed by atoms with van der Waals surface area (Å²) in [6.45, 7) is 8.89. The number of benzene rings is 1. The van der Waals surface area contributed by atoms with Gasteiger partial charge in [0.1, 0.15) is 0 Å². The summed E-state index contributed by atoms with van der Waals surface area (Å²) in [5.74, 6) is -0.783. The second-order valence-corrected chi connectivity index (χ2v) is 11.1. The van der Waals surface area contributed by atoms with Crippen molar-refractivity contribution in [3.63, 3.8) is 0 Å². The highest BCUT2D eigenvalue weighted by Crippen LogP contribution is 2.40. The monoisotopic (exact) mass is 512 g/mol. The van der Waals surface area contributed by atoms with Crippen LogP contribution in [0, 0.1) is 12.3 Å². The van der Waals surface area contributed by atoms with Gasteiger partial charge in [-0.25, -0.2) is 4.79 Å². The van der Waals surface area contributed by atoms with E-state index in [9.17, 15) is 27.9 Å². The molecule has 0 aliphatic carbocycles. The van der Waals surface area contributed by atoms with E-state index in [1.54, 1.807) is 13.8 Å². The fraction of sp³-hybridized carbons (Fsp3) is 0.704. The lowest BCUT2D eigenvalue weighted by molar-refractivity contribution is -0.200. The third-order valence-electron chi connectivity index (χ3n) is 7.98. The number of halogens is 3. The van der Waals surface area contributed by atoms with E-state index in [2.05, 4.69) is 34.8 Å². The lowest BCUT2D eigenvalue weighted by Crippen LogP contribution is -2.53. The fourth-order valence-electron chi connectivity index (χ4n) is 5.38. The number of rotatable bonds is 8. The molecule has 1 atom stereocenters. The zero-order valence-corrected chi connectivity index (χ0v) is 21.8. The first kappa shape index (κ1) is 28.3. The Balaban J connectivity index is 1.63. The summed E-state index contributed by atoms with van der Waals surface area (Å²) < 4.78 is 43.0. The second-order valence-electron chi connectivity index (χ2n) is 11.1. The molecule has 2 aliphatic heterocycles. The van der Waals surface area contributed by atoms with Gasteiger partial charge in [0.05, 0.1) is 5.41 Å². The molecule has 3 rings (SSSR count). The van der Waals surface area contributed by atoms with Crippen molar-refractivity contribution >= 4 is 12.1 Å². The lowest BCUT2D eigenvalue weighted by Gasteiger charge is -2.45. The maximum atomic E-state index is 12.8. The van der Waals surface area contributed by atoms with Crippen LogP contribution in [-0.2, 0) is 22.5 Å². The zero-order valence-electron chi connectivity index (χ0n) is 21.8. The molecule has 1 spiro atoms. The van der Waals surface area contributed by atoms with Crippen molar-refractivity contribution in [1.82, 2.24) is 9.80 Å². The summed E-state index contributed by atoms with van der Waals surface area (Å²) >= 11 is 0. The van der Waals surface area contributed by atoms with E-state index in [0.717, 1.165) is 45.7 Å². The first-order valence-corrected chi connectivity index (χ1v) is 12.8. The van der Waals surface area contributed by atoms with Crippen molar-refractivity contribution < 1.29 is 32.6 Å². The number of carboxylic acid groups (broad SMARTS) is 1. The van der Waals surface area contributed by atoms with Crippen molar-refractivity contribution in [2.75, 3.05) is 19.6 Å². The van der Waals surface area contributed by atoms with Gasteiger partial charge in [-0.3, -0.25) is 9.69 Å². The Bertz CT molecular complexity index is 939. The van der Waals surface area contributed by atoms with Crippen LogP contribution in [0.3, 0.4) is 0 Å². The van der Waals surface area contributed by atoms with Crippen molar-refractivity contribution in [3.8, 4) is 0 Å². The Labute approximate surface area is 211 Å². The summed E-state index contributed by atoms with van der Waals surface area (Å²) in [6.07, 6.45) is -1.93. The van der Waals surface area contributed by atoms with Crippen molar-refractivity contribution in [2.24, 2.45) is 5.41 Å². The molecule has 2 fully saturated rings. The van der Waals surface area contributed by atoms with Gasteiger partial charge in [0.15, 0.2) is 6.10 Å².